The first kappa shape index (κ1) is 178. The summed E-state index contributed by atoms with van der Waals surface area (Å²) in [6.45, 7) is 147. The highest BCUT2D eigenvalue weighted by molar-refractivity contribution is 5.92. The van der Waals surface area contributed by atoms with Crippen LogP contribution in [0.5, 0.6) is 0 Å². The van der Waals surface area contributed by atoms with Crippen LogP contribution in [-0.4, -0.2) is 74.5 Å². The Morgan fingerprint density at radius 2 is 0.542 bits per heavy atom. The summed E-state index contributed by atoms with van der Waals surface area (Å²) in [5.41, 5.74) is 4.03. The van der Waals surface area contributed by atoms with E-state index in [1.54, 1.807) is 13.8 Å². The van der Waals surface area contributed by atoms with Crippen molar-refractivity contribution in [1.82, 2.24) is 0 Å². The van der Waals surface area contributed by atoms with Crippen LogP contribution < -0.4 is 5.73 Å². The lowest BCUT2D eigenvalue weighted by atomic mass is 9.83. The molecule has 0 aliphatic carbocycles. The molecule has 0 aliphatic rings. The zero-order chi connectivity index (χ0) is 91.3. The highest BCUT2D eigenvalue weighted by Crippen LogP contribution is 2.27. The number of carbonyl (C=O) groups excluding carboxylic acids is 4. The van der Waals surface area contributed by atoms with Crippen molar-refractivity contribution in [2.75, 3.05) is 34.0 Å². The summed E-state index contributed by atoms with van der Waals surface area (Å²) < 4.78 is 5.21. The second-order valence-electron chi connectivity index (χ2n) is 10.8. The summed E-state index contributed by atoms with van der Waals surface area (Å²) in [4.78, 5) is 79.2. The highest BCUT2D eigenvalue weighted by atomic mass is 35.5. The van der Waals surface area contributed by atoms with Gasteiger partial charge in [0.05, 0.1) is 38.9 Å². The van der Waals surface area contributed by atoms with Gasteiger partial charge in [0.15, 0.2) is 0 Å². The summed E-state index contributed by atoms with van der Waals surface area (Å²) in [7, 11) is 2.11. The third-order valence-electron chi connectivity index (χ3n) is 6.20. The Hall–Kier alpha value is -9.08. The van der Waals surface area contributed by atoms with Gasteiger partial charge in [0.25, 0.3) is 0 Å². The summed E-state index contributed by atoms with van der Waals surface area (Å²) in [5, 5.41) is 92.5. The van der Waals surface area contributed by atoms with Gasteiger partial charge < -0.3 is 15.6 Å². The third-order valence-corrected chi connectivity index (χ3v) is 6.20. The van der Waals surface area contributed by atoms with Crippen LogP contribution in [0.15, 0.2) is 316 Å². The standard InChI is InChI=1S/C24H41NO33.24C2H4.ClH/c1-16(2)23(25)20(28)11-17(3)19(27)10-9-18(26)12-24(13-34-22(31)8-6-7-21(29)30,14-35-39-43-47-51-55-57-53-49-45-41-37-32-4)15-36-40-44-48-52-56-58-54-50-46-42-38-33-5;24*1-2;/h16-17,23H,6-15,25H2,1-5H3,(H,29,30);24*1-2H2;1H. The van der Waals surface area contributed by atoms with E-state index >= 15 is 0 Å². The molecule has 0 saturated heterocycles. The topological polar surface area (TPSA) is 381 Å². The lowest BCUT2D eigenvalue weighted by Gasteiger charge is -2.30. The van der Waals surface area contributed by atoms with E-state index in [4.69, 9.17) is 25.4 Å². The summed E-state index contributed by atoms with van der Waals surface area (Å²) in [5.74, 6) is -4.46. The first-order valence-electron chi connectivity index (χ1n) is 27.6. The van der Waals surface area contributed by atoms with Crippen LogP contribution in [0.25, 0.3) is 0 Å². The number of aliphatic carboxylic acids is 1. The number of halogens is 1. The molecule has 0 aromatic heterocycles. The molecule has 0 saturated carbocycles. The maximum atomic E-state index is 13.2. The van der Waals surface area contributed by atoms with E-state index in [-0.39, 0.29) is 56.2 Å². The zero-order valence-corrected chi connectivity index (χ0v) is 66.1. The Balaban J connectivity index is -0.0000000470. The van der Waals surface area contributed by atoms with Gasteiger partial charge in [0.1, 0.15) is 24.0 Å². The van der Waals surface area contributed by atoms with Gasteiger partial charge >= 0.3 is 11.9 Å². The number of esters is 1. The second-order valence-corrected chi connectivity index (χ2v) is 10.8. The Bertz CT molecular complexity index is 1370. The van der Waals surface area contributed by atoms with Gasteiger partial charge in [-0.1, -0.05) is 20.8 Å². The summed E-state index contributed by atoms with van der Waals surface area (Å²) in [6, 6.07) is -0.782. The van der Waals surface area contributed by atoms with Crippen LogP contribution in [0.2, 0.25) is 0 Å². The normalized spacial score (nSPS) is 7.84. The van der Waals surface area contributed by atoms with Crippen molar-refractivity contribution in [3.05, 3.63) is 316 Å². The van der Waals surface area contributed by atoms with Gasteiger partial charge in [-0.25, -0.2) is 19.6 Å². The van der Waals surface area contributed by atoms with E-state index in [2.05, 4.69) is 436 Å². The number of carboxylic acids is 1. The molecule has 2 unspecified atom stereocenters. The number of ketones is 3. The molecule has 107 heavy (non-hydrogen) atoms. The van der Waals surface area contributed by atoms with Gasteiger partial charge in [-0.15, -0.1) is 328 Å². The van der Waals surface area contributed by atoms with Gasteiger partial charge in [0, 0.05) is 44.4 Å². The molecular formula is C72H138ClNO33. The van der Waals surface area contributed by atoms with Gasteiger partial charge in [-0.05, 0) is 123 Å². The minimum atomic E-state index is -1.83. The molecule has 0 fully saturated rings. The zero-order valence-electron chi connectivity index (χ0n) is 65.2. The smallest absolute Gasteiger partial charge is 0.305 e. The van der Waals surface area contributed by atoms with Gasteiger partial charge in [0.2, 0.25) is 0 Å². The molecule has 0 aromatic carbocycles. The molecule has 0 aliphatic heterocycles. The number of Topliss-reactive ketones (excluding diaryl/α,β-unsaturated/α-hetero) is 3. The molecule has 0 amide bonds. The Morgan fingerprint density at radius 1 is 0.318 bits per heavy atom. The molecule has 0 rings (SSSR count). The van der Waals surface area contributed by atoms with Gasteiger partial charge in [-0.2, -0.15) is 0 Å². The van der Waals surface area contributed by atoms with Crippen molar-refractivity contribution < 1.29 is 164 Å². The van der Waals surface area contributed by atoms with Gasteiger partial charge in [-0.3, -0.25) is 24.0 Å². The predicted octanol–water partition coefficient (Wildman–Crippen LogP) is 20.0. The van der Waals surface area contributed by atoms with Crippen LogP contribution in [-0.2, 0) is 159 Å². The number of rotatable bonds is 44. The average Bonchev–Trinajstić information content (AvgIpc) is 0.856. The predicted molar refractivity (Wildman–Crippen MR) is 427 cm³/mol. The minimum absolute atomic E-state index is 0. The fourth-order valence-corrected chi connectivity index (χ4v) is 3.50. The van der Waals surface area contributed by atoms with Crippen molar-refractivity contribution in [2.24, 2.45) is 23.0 Å². The van der Waals surface area contributed by atoms with Crippen molar-refractivity contribution in [2.45, 2.75) is 71.8 Å². The number of nitrogens with two attached hydrogens (primary N) is 1. The van der Waals surface area contributed by atoms with Crippen molar-refractivity contribution in [3.8, 4) is 0 Å². The van der Waals surface area contributed by atoms with Crippen molar-refractivity contribution in [3.63, 3.8) is 0 Å². The molecule has 3 N–H and O–H groups in total. The van der Waals surface area contributed by atoms with E-state index in [1.807, 2.05) is 0 Å². The fraction of sp³-hybridized carbons (Fsp3) is 0.264. The molecule has 34 nitrogen and oxygen atoms in total. The maximum Gasteiger partial charge on any atom is 0.305 e. The van der Waals surface area contributed by atoms with Crippen LogP contribution >= 0.6 is 12.4 Å². The lowest BCUT2D eigenvalue weighted by Crippen LogP contribution is -2.40. The Morgan fingerprint density at radius 3 is 0.757 bits per heavy atom. The van der Waals surface area contributed by atoms with Crippen LogP contribution in [0, 0.1) is 17.3 Å². The monoisotopic (exact) mass is 1580 g/mol. The first-order valence-corrected chi connectivity index (χ1v) is 27.6. The molecule has 0 radical (unpaired) electrons. The first-order chi connectivity index (χ1) is 51.9. The number of carboxylic acid groups (broad SMARTS) is 1. The highest BCUT2D eigenvalue weighted by Gasteiger charge is 2.38. The Labute approximate surface area is 648 Å². The fourth-order valence-electron chi connectivity index (χ4n) is 3.50. The van der Waals surface area contributed by atoms with Crippen molar-refractivity contribution in [1.29, 1.82) is 0 Å². The number of hydrogen-bond donors (Lipinski definition) is 2. The molecule has 35 heteroatoms. The molecule has 0 aromatic rings. The number of hydrogen-bond acceptors (Lipinski definition) is 33. The van der Waals surface area contributed by atoms with E-state index in [0.717, 1.165) is 14.2 Å². The molecule has 0 spiro atoms. The van der Waals surface area contributed by atoms with E-state index in [0.29, 0.717) is 0 Å². The van der Waals surface area contributed by atoms with E-state index in [9.17, 15) is 24.0 Å². The van der Waals surface area contributed by atoms with Crippen LogP contribution in [0.4, 0.5) is 0 Å². The van der Waals surface area contributed by atoms with E-state index in [1.165, 1.54) is 6.92 Å². The quantitative estimate of drug-likeness (QED) is 0.0188. The largest absolute Gasteiger partial charge is 0.481 e. The number of carbonyl (C=O) groups is 5. The van der Waals surface area contributed by atoms with Crippen molar-refractivity contribution >= 4 is 41.7 Å². The second kappa shape index (κ2) is 266. The number of ether oxygens (including phenoxy) is 1. The minimum Gasteiger partial charge on any atom is -0.481 e. The maximum absolute atomic E-state index is 13.2. The molecule has 636 valence electrons. The van der Waals surface area contributed by atoms with Crippen LogP contribution in [0.1, 0.15) is 65.7 Å². The Kier molecular flexibility index (Phi) is 442. The summed E-state index contributed by atoms with van der Waals surface area (Å²) in [6.07, 6.45) is -2.36. The molecular weight excluding hydrogens is 1440 g/mol. The van der Waals surface area contributed by atoms with Crippen LogP contribution in [0.3, 0.4) is 0 Å². The third kappa shape index (κ3) is 235. The van der Waals surface area contributed by atoms with E-state index < -0.39 is 73.5 Å². The summed E-state index contributed by atoms with van der Waals surface area (Å²) >= 11 is 0. The molecule has 0 heterocycles. The lowest BCUT2D eigenvalue weighted by molar-refractivity contribution is -0.870. The molecule has 2 atom stereocenters. The molecule has 0 bridgehead atoms. The SMILES string of the molecule is C=C.C=C.C=C.C=C.C=C.C=C.C=C.C=C.C=C.C=C.C=C.C=C.C=C.C=C.C=C.C=C.C=C.C=C.C=C.C=C.C=C.C=C.C=C.C=C.COOOOOOOOOOOOOCC(COOOOOOOOOOOOOC)(COC(=O)CCCC(=O)O)CC(=O)CCC(=O)C(C)CC(=O)C(N)C(C)C.Cl. The average molecular weight is 1580 g/mol.